The minimum absolute atomic E-state index is 0.768. The molecule has 0 heterocycles. The van der Waals surface area contributed by atoms with Crippen LogP contribution in [0.5, 0.6) is 0 Å². The van der Waals surface area contributed by atoms with Crippen LogP contribution in [-0.2, 0) is 0 Å². The Morgan fingerprint density at radius 3 is 2.28 bits per heavy atom. The van der Waals surface area contributed by atoms with E-state index in [-0.39, 0.29) is 0 Å². The molecule has 2 atom stereocenters. The van der Waals surface area contributed by atoms with Gasteiger partial charge in [-0.2, -0.15) is 0 Å². The van der Waals surface area contributed by atoms with Crippen molar-refractivity contribution in [3.8, 4) is 11.1 Å². The summed E-state index contributed by atoms with van der Waals surface area (Å²) in [5.41, 5.74) is 8.54. The van der Waals surface area contributed by atoms with Crippen molar-refractivity contribution in [2.45, 2.75) is 34.1 Å². The smallest absolute Gasteiger partial charge is 0.00646 e. The van der Waals surface area contributed by atoms with Gasteiger partial charge in [0.25, 0.3) is 0 Å². The maximum absolute atomic E-state index is 2.55. The fraction of sp³-hybridized carbons (Fsp3) is 0.280. The van der Waals surface area contributed by atoms with Gasteiger partial charge in [-0.1, -0.05) is 48.6 Å². The van der Waals surface area contributed by atoms with E-state index < -0.39 is 0 Å². The molecule has 2 aliphatic rings. The minimum Gasteiger partial charge on any atom is -0.0729 e. The van der Waals surface area contributed by atoms with E-state index in [1.165, 1.54) is 61.0 Å². The van der Waals surface area contributed by atoms with Crippen molar-refractivity contribution in [2.24, 2.45) is 11.8 Å². The van der Waals surface area contributed by atoms with Crippen LogP contribution in [0.25, 0.3) is 34.1 Å². The van der Waals surface area contributed by atoms with Gasteiger partial charge in [0.15, 0.2) is 0 Å². The SMILES string of the molecule is Cc1cc2c(c(-c3c(C)c(C)cc4ccccc34)c1C)=CC1CC1C=2. The second-order valence-corrected chi connectivity index (χ2v) is 8.01. The third kappa shape index (κ3) is 2.13. The van der Waals surface area contributed by atoms with Crippen molar-refractivity contribution in [1.29, 1.82) is 0 Å². The number of aryl methyl sites for hydroxylation is 2. The van der Waals surface area contributed by atoms with E-state index >= 15 is 0 Å². The molecule has 0 aliphatic heterocycles. The zero-order valence-corrected chi connectivity index (χ0v) is 15.5. The predicted octanol–water partition coefficient (Wildman–Crippen LogP) is 4.95. The van der Waals surface area contributed by atoms with E-state index in [1.807, 2.05) is 0 Å². The van der Waals surface area contributed by atoms with Gasteiger partial charge < -0.3 is 0 Å². The highest BCUT2D eigenvalue weighted by molar-refractivity contribution is 6.00. The minimum atomic E-state index is 0.768. The summed E-state index contributed by atoms with van der Waals surface area (Å²) in [6.07, 6.45) is 6.40. The Labute approximate surface area is 149 Å². The average molecular weight is 324 g/mol. The first-order valence-corrected chi connectivity index (χ1v) is 9.38. The van der Waals surface area contributed by atoms with Gasteiger partial charge in [-0.15, -0.1) is 0 Å². The predicted molar refractivity (Wildman–Crippen MR) is 108 cm³/mol. The monoisotopic (exact) mass is 324 g/mol. The molecule has 0 amide bonds. The van der Waals surface area contributed by atoms with Gasteiger partial charge >= 0.3 is 0 Å². The maximum atomic E-state index is 2.55. The summed E-state index contributed by atoms with van der Waals surface area (Å²) < 4.78 is 0. The molecule has 0 spiro atoms. The van der Waals surface area contributed by atoms with Crippen molar-refractivity contribution in [3.63, 3.8) is 0 Å². The Morgan fingerprint density at radius 1 is 0.760 bits per heavy atom. The Hall–Kier alpha value is -2.34. The molecular weight excluding hydrogens is 300 g/mol. The van der Waals surface area contributed by atoms with Crippen LogP contribution in [0.1, 0.15) is 28.7 Å². The lowest BCUT2D eigenvalue weighted by Gasteiger charge is -2.19. The first-order valence-electron chi connectivity index (χ1n) is 9.38. The quantitative estimate of drug-likeness (QED) is 0.594. The summed E-state index contributed by atoms with van der Waals surface area (Å²) in [5.74, 6) is 1.56. The Kier molecular flexibility index (Phi) is 3.04. The van der Waals surface area contributed by atoms with Gasteiger partial charge in [-0.3, -0.25) is 0 Å². The number of hydrogen-bond acceptors (Lipinski definition) is 0. The lowest BCUT2D eigenvalue weighted by Crippen LogP contribution is -2.31. The van der Waals surface area contributed by atoms with E-state index in [4.69, 9.17) is 0 Å². The Morgan fingerprint density at radius 2 is 1.44 bits per heavy atom. The molecule has 2 aliphatic carbocycles. The van der Waals surface area contributed by atoms with E-state index in [0.29, 0.717) is 0 Å². The van der Waals surface area contributed by atoms with Crippen molar-refractivity contribution < 1.29 is 0 Å². The van der Waals surface area contributed by atoms with Crippen molar-refractivity contribution in [2.75, 3.05) is 0 Å². The van der Waals surface area contributed by atoms with Gasteiger partial charge in [0.1, 0.15) is 0 Å². The summed E-state index contributed by atoms with van der Waals surface area (Å²) >= 11 is 0. The van der Waals surface area contributed by atoms with Crippen LogP contribution in [0.4, 0.5) is 0 Å². The fourth-order valence-corrected chi connectivity index (χ4v) is 4.58. The molecule has 0 bridgehead atoms. The lowest BCUT2D eigenvalue weighted by molar-refractivity contribution is 1.06. The third-order valence-corrected chi connectivity index (χ3v) is 6.40. The molecular formula is C25H24. The van der Waals surface area contributed by atoms with Crippen LogP contribution in [0.2, 0.25) is 0 Å². The summed E-state index contributed by atoms with van der Waals surface area (Å²) in [4.78, 5) is 0. The molecule has 1 saturated carbocycles. The van der Waals surface area contributed by atoms with Gasteiger partial charge in [-0.05, 0) is 101 Å². The normalized spacial score (nSPS) is 20.5. The van der Waals surface area contributed by atoms with Gasteiger partial charge in [0.2, 0.25) is 0 Å². The maximum Gasteiger partial charge on any atom is -0.00646 e. The van der Waals surface area contributed by atoms with Crippen molar-refractivity contribution >= 4 is 22.9 Å². The summed E-state index contributed by atoms with van der Waals surface area (Å²) in [5, 5.41) is 5.65. The van der Waals surface area contributed by atoms with Crippen LogP contribution in [0.15, 0.2) is 36.4 Å². The van der Waals surface area contributed by atoms with Crippen molar-refractivity contribution in [1.82, 2.24) is 0 Å². The fourth-order valence-electron chi connectivity index (χ4n) is 4.58. The molecule has 0 aromatic heterocycles. The molecule has 1 fully saturated rings. The molecule has 25 heavy (non-hydrogen) atoms. The molecule has 3 aromatic carbocycles. The lowest BCUT2D eigenvalue weighted by atomic mass is 9.85. The second kappa shape index (κ2) is 5.08. The first kappa shape index (κ1) is 15.0. The number of benzene rings is 3. The summed E-state index contributed by atoms with van der Waals surface area (Å²) in [6.45, 7) is 9.10. The van der Waals surface area contributed by atoms with E-state index in [9.17, 15) is 0 Å². The highest BCUT2D eigenvalue weighted by Crippen LogP contribution is 2.43. The zero-order valence-electron chi connectivity index (χ0n) is 15.5. The van der Waals surface area contributed by atoms with Crippen LogP contribution in [-0.4, -0.2) is 0 Å². The summed E-state index contributed by atoms with van der Waals surface area (Å²) in [7, 11) is 0. The first-order chi connectivity index (χ1) is 12.0. The molecule has 124 valence electrons. The molecule has 2 unspecified atom stereocenters. The highest BCUT2D eigenvalue weighted by atomic mass is 14.4. The van der Waals surface area contributed by atoms with E-state index in [2.05, 4.69) is 76.2 Å². The number of rotatable bonds is 1. The average Bonchev–Trinajstić information content (AvgIpc) is 3.35. The highest BCUT2D eigenvalue weighted by Gasteiger charge is 2.35. The number of fused-ring (bicyclic) bond motifs is 3. The van der Waals surface area contributed by atoms with E-state index in [0.717, 1.165) is 11.8 Å². The van der Waals surface area contributed by atoms with Crippen LogP contribution in [0.3, 0.4) is 0 Å². The molecule has 0 heteroatoms. The van der Waals surface area contributed by atoms with Crippen LogP contribution < -0.4 is 10.4 Å². The van der Waals surface area contributed by atoms with E-state index in [1.54, 1.807) is 0 Å². The topological polar surface area (TPSA) is 0 Å². The second-order valence-electron chi connectivity index (χ2n) is 8.01. The van der Waals surface area contributed by atoms with Crippen molar-refractivity contribution in [3.05, 3.63) is 69.1 Å². The molecule has 0 N–H and O–H groups in total. The van der Waals surface area contributed by atoms with Crippen LogP contribution in [0, 0.1) is 39.5 Å². The van der Waals surface area contributed by atoms with Gasteiger partial charge in [0, 0.05) is 0 Å². The Balaban J connectivity index is 2.00. The Bertz CT molecular complexity index is 1160. The molecule has 0 radical (unpaired) electrons. The van der Waals surface area contributed by atoms with Gasteiger partial charge in [0.05, 0.1) is 0 Å². The molecule has 3 aromatic rings. The van der Waals surface area contributed by atoms with Gasteiger partial charge in [-0.25, -0.2) is 0 Å². The molecule has 0 nitrogen and oxygen atoms in total. The standard InChI is InChI=1S/C25H24/c1-14-9-18-7-5-6-8-22(18)24(16(14)3)25-17(4)15(2)10-21-12-19-11-20(19)13-23(21)25/h5-10,12-13,19-20H,11H2,1-4H3. The van der Waals surface area contributed by atoms with Crippen LogP contribution >= 0.6 is 0 Å². The number of hydrogen-bond donors (Lipinski definition) is 0. The molecule has 5 rings (SSSR count). The largest absolute Gasteiger partial charge is 0.0729 e. The molecule has 0 saturated heterocycles. The summed E-state index contributed by atoms with van der Waals surface area (Å²) in [6, 6.07) is 13.6. The zero-order chi connectivity index (χ0) is 17.3. The third-order valence-electron chi connectivity index (χ3n) is 6.40.